The smallest absolute Gasteiger partial charge is 0.403 e. The molecule has 1 saturated carbocycles. The van der Waals surface area contributed by atoms with Crippen LogP contribution in [0.25, 0.3) is 16.7 Å². The van der Waals surface area contributed by atoms with Crippen LogP contribution in [0.1, 0.15) is 89.0 Å². The molecular weight excluding hydrogens is 755 g/mol. The molecule has 3 aliphatic carbocycles. The van der Waals surface area contributed by atoms with Crippen LogP contribution in [0.15, 0.2) is 59.7 Å². The van der Waals surface area contributed by atoms with Crippen LogP contribution in [-0.4, -0.2) is 11.0 Å². The molecule has 0 spiro atoms. The van der Waals surface area contributed by atoms with Gasteiger partial charge >= 0.3 is 32.5 Å². The fraction of sp³-hybridized carbons (Fsp3) is 0.389. The van der Waals surface area contributed by atoms with Crippen molar-refractivity contribution in [3.63, 3.8) is 0 Å². The number of benzene rings is 3. The second-order valence-electron chi connectivity index (χ2n) is 13.5. The van der Waals surface area contributed by atoms with Crippen molar-refractivity contribution in [2.24, 2.45) is 0 Å². The molecule has 284 valence electrons. The molecule has 0 saturated heterocycles. The third-order valence-electron chi connectivity index (χ3n) is 10.0. The molecule has 3 unspecified atom stereocenters. The number of halogens is 12. The molecule has 4 nitrogen and oxygen atoms in total. The topological polar surface area (TPSA) is 55.8 Å². The monoisotopic (exact) mass is 782 g/mol. The number of phosphoric ester groups is 1. The fourth-order valence-electron chi connectivity index (χ4n) is 7.80. The van der Waals surface area contributed by atoms with Gasteiger partial charge in [-0.2, -0.15) is 52.7 Å². The Morgan fingerprint density at radius 1 is 0.642 bits per heavy atom. The summed E-state index contributed by atoms with van der Waals surface area (Å²) in [5.74, 6) is -2.10. The number of hydrogen-bond acceptors (Lipinski definition) is 3. The fourth-order valence-corrected chi connectivity index (χ4v) is 8.79. The molecule has 17 heteroatoms. The molecule has 4 aliphatic rings. The maximum Gasteiger partial charge on any atom is 0.528 e. The summed E-state index contributed by atoms with van der Waals surface area (Å²) in [6, 6.07) is 3.06. The maximum atomic E-state index is 14.0. The quantitative estimate of drug-likeness (QED) is 0.208. The zero-order chi connectivity index (χ0) is 38.5. The standard InChI is InChI=1S/C36H27F12O4P/c37-33(38,39)21-9-19(10-22(15-21)34(40,41)42)27-13-17-5-1-3-7-25(17)29-30-26-8-4-2-6-18(26)14-28(32(30)52-53(49,50)51-31(27)29)20-11-23(35(43,44)45)16-24(12-20)36(46,47)48/h9-16,27,31H,1-8H2,(H,49,50). The lowest BCUT2D eigenvalue weighted by atomic mass is 9.70. The molecular formula is C36H27F12O4P. The van der Waals surface area contributed by atoms with Crippen LogP contribution in [0.2, 0.25) is 0 Å². The summed E-state index contributed by atoms with van der Waals surface area (Å²) >= 11 is 0. The van der Waals surface area contributed by atoms with Gasteiger partial charge in [0.15, 0.2) is 0 Å². The van der Waals surface area contributed by atoms with E-state index in [2.05, 4.69) is 0 Å². The van der Waals surface area contributed by atoms with Gasteiger partial charge < -0.3 is 4.52 Å². The second-order valence-corrected chi connectivity index (χ2v) is 14.8. The number of aryl methyl sites for hydroxylation is 1. The predicted octanol–water partition coefficient (Wildman–Crippen LogP) is 12.2. The molecule has 0 amide bonds. The van der Waals surface area contributed by atoms with Crippen molar-refractivity contribution in [3.8, 4) is 16.9 Å². The van der Waals surface area contributed by atoms with E-state index in [0.29, 0.717) is 85.1 Å². The van der Waals surface area contributed by atoms with Gasteiger partial charge in [0.2, 0.25) is 0 Å². The third-order valence-corrected chi connectivity index (χ3v) is 11.0. The lowest BCUT2D eigenvalue weighted by Crippen LogP contribution is -2.28. The normalized spacial score (nSPS) is 23.6. The minimum atomic E-state index is -5.47. The second kappa shape index (κ2) is 12.7. The number of phosphoric acid groups is 1. The van der Waals surface area contributed by atoms with Crippen molar-refractivity contribution in [3.05, 3.63) is 104 Å². The summed E-state index contributed by atoms with van der Waals surface area (Å²) in [7, 11) is -5.47. The van der Waals surface area contributed by atoms with Crippen molar-refractivity contribution in [1.82, 2.24) is 0 Å². The van der Waals surface area contributed by atoms with Gasteiger partial charge in [0.25, 0.3) is 0 Å². The highest BCUT2D eigenvalue weighted by Gasteiger charge is 2.48. The Bertz CT molecular complexity index is 2040. The van der Waals surface area contributed by atoms with Gasteiger partial charge in [0, 0.05) is 17.0 Å². The van der Waals surface area contributed by atoms with Crippen LogP contribution in [0.4, 0.5) is 52.7 Å². The molecule has 53 heavy (non-hydrogen) atoms. The summed E-state index contributed by atoms with van der Waals surface area (Å²) in [5, 5.41) is 0. The summed E-state index contributed by atoms with van der Waals surface area (Å²) in [6.45, 7) is 0. The molecule has 1 fully saturated rings. The first-order valence-corrected chi connectivity index (χ1v) is 17.9. The van der Waals surface area contributed by atoms with E-state index < -0.39 is 89.2 Å². The minimum absolute atomic E-state index is 0.0236. The van der Waals surface area contributed by atoms with Crippen LogP contribution in [0.5, 0.6) is 5.75 Å². The van der Waals surface area contributed by atoms with E-state index in [1.54, 1.807) is 0 Å². The Morgan fingerprint density at radius 3 is 1.72 bits per heavy atom. The van der Waals surface area contributed by atoms with E-state index in [-0.39, 0.29) is 36.1 Å². The summed E-state index contributed by atoms with van der Waals surface area (Å²) < 4.78 is 193. The zero-order valence-corrected chi connectivity index (χ0v) is 28.0. The van der Waals surface area contributed by atoms with Crippen molar-refractivity contribution in [2.75, 3.05) is 0 Å². The molecule has 3 atom stereocenters. The van der Waals surface area contributed by atoms with Gasteiger partial charge in [-0.15, -0.1) is 0 Å². The van der Waals surface area contributed by atoms with Crippen molar-refractivity contribution < 1.29 is 71.2 Å². The number of allylic oxidation sites excluding steroid dienone is 2. The Balaban J connectivity index is 1.55. The van der Waals surface area contributed by atoms with Gasteiger partial charge in [-0.05, 0) is 133 Å². The lowest BCUT2D eigenvalue weighted by Gasteiger charge is -2.37. The molecule has 3 aromatic carbocycles. The Kier molecular flexibility index (Phi) is 8.97. The van der Waals surface area contributed by atoms with E-state index in [9.17, 15) is 62.1 Å². The van der Waals surface area contributed by atoms with Gasteiger partial charge in [-0.1, -0.05) is 6.08 Å². The largest absolute Gasteiger partial charge is 0.528 e. The van der Waals surface area contributed by atoms with Crippen molar-refractivity contribution >= 4 is 13.4 Å². The molecule has 1 aliphatic heterocycles. The van der Waals surface area contributed by atoms with E-state index in [0.717, 1.165) is 0 Å². The Morgan fingerprint density at radius 2 is 1.15 bits per heavy atom. The Labute approximate surface area is 293 Å². The SMILES string of the molecule is O=P1(O)Oc2c(-c3cc(C(F)(F)F)cc(C(F)(F)F)c3)cc3c(c2C2=C4CCCCC4=CC(c4cc(C(F)(F)F)cc(C(F)(F)F)c4)C2O1)CCCC3. The summed E-state index contributed by atoms with van der Waals surface area (Å²) in [5.41, 5.74) is -6.13. The first-order chi connectivity index (χ1) is 24.5. The lowest BCUT2D eigenvalue weighted by molar-refractivity contribution is -0.144. The predicted molar refractivity (Wildman–Crippen MR) is 167 cm³/mol. The van der Waals surface area contributed by atoms with Gasteiger partial charge in [0.05, 0.1) is 22.3 Å². The maximum absolute atomic E-state index is 14.0. The first kappa shape index (κ1) is 37.6. The van der Waals surface area contributed by atoms with Gasteiger partial charge in [0.1, 0.15) is 11.9 Å². The Hall–Kier alpha value is -3.75. The van der Waals surface area contributed by atoms with E-state index in [1.807, 2.05) is 0 Å². The average Bonchev–Trinajstić information content (AvgIpc) is 3.18. The van der Waals surface area contributed by atoms with Gasteiger partial charge in [-0.25, -0.2) is 4.57 Å². The van der Waals surface area contributed by atoms with E-state index in [4.69, 9.17) is 9.05 Å². The van der Waals surface area contributed by atoms with Crippen LogP contribution in [0, 0.1) is 0 Å². The highest BCUT2D eigenvalue weighted by Crippen LogP contribution is 2.62. The van der Waals surface area contributed by atoms with E-state index in [1.165, 1.54) is 12.1 Å². The first-order valence-electron chi connectivity index (χ1n) is 16.4. The molecule has 0 aromatic heterocycles. The highest BCUT2D eigenvalue weighted by atomic mass is 31.2. The van der Waals surface area contributed by atoms with Crippen LogP contribution >= 0.6 is 7.82 Å². The number of rotatable bonds is 2. The van der Waals surface area contributed by atoms with Crippen LogP contribution in [-0.2, 0) is 46.6 Å². The summed E-state index contributed by atoms with van der Waals surface area (Å²) in [4.78, 5) is 11.2. The zero-order valence-electron chi connectivity index (χ0n) is 27.1. The molecule has 1 N–H and O–H groups in total. The van der Waals surface area contributed by atoms with E-state index >= 15 is 0 Å². The number of fused-ring (bicyclic) bond motifs is 6. The number of alkyl halides is 12. The molecule has 0 radical (unpaired) electrons. The summed E-state index contributed by atoms with van der Waals surface area (Å²) in [6.07, 6.45) is -17.9. The molecule has 0 bridgehead atoms. The number of hydrogen-bond donors (Lipinski definition) is 1. The van der Waals surface area contributed by atoms with Crippen LogP contribution in [0.3, 0.4) is 0 Å². The molecule has 7 rings (SSSR count). The molecule has 3 aromatic rings. The van der Waals surface area contributed by atoms with Gasteiger partial charge in [-0.3, -0.25) is 9.42 Å². The highest BCUT2D eigenvalue weighted by molar-refractivity contribution is 7.48. The third kappa shape index (κ3) is 7.14. The van der Waals surface area contributed by atoms with Crippen LogP contribution < -0.4 is 4.52 Å². The average molecular weight is 783 g/mol. The minimum Gasteiger partial charge on any atom is -0.403 e. The van der Waals surface area contributed by atoms with Crippen molar-refractivity contribution in [1.29, 1.82) is 0 Å². The van der Waals surface area contributed by atoms with Crippen molar-refractivity contribution in [2.45, 2.75) is 88.1 Å². The molecule has 1 heterocycles.